The fourth-order valence-corrected chi connectivity index (χ4v) is 3.13. The molecule has 1 aliphatic rings. The van der Waals surface area contributed by atoms with Crippen molar-refractivity contribution in [1.29, 1.82) is 0 Å². The quantitative estimate of drug-likeness (QED) is 0.875. The maximum Gasteiger partial charge on any atom is 0.294 e. The largest absolute Gasteiger partial charge is 0.465 e. The Morgan fingerprint density at radius 1 is 1.30 bits per heavy atom. The molecule has 1 N–H and O–H groups in total. The third kappa shape index (κ3) is 5.00. The van der Waals surface area contributed by atoms with Crippen molar-refractivity contribution in [2.24, 2.45) is 5.92 Å². The lowest BCUT2D eigenvalue weighted by Crippen LogP contribution is -2.35. The second-order valence-electron chi connectivity index (χ2n) is 5.96. The van der Waals surface area contributed by atoms with Crippen molar-refractivity contribution in [1.82, 2.24) is 15.5 Å². The maximum atomic E-state index is 5.94. The van der Waals surface area contributed by atoms with Gasteiger partial charge in [0, 0.05) is 19.4 Å². The van der Waals surface area contributed by atoms with Crippen molar-refractivity contribution in [2.75, 3.05) is 6.54 Å². The van der Waals surface area contributed by atoms with E-state index in [1.807, 2.05) is 0 Å². The first-order valence-corrected chi connectivity index (χ1v) is 8.19. The second-order valence-corrected chi connectivity index (χ2v) is 6.98. The third-order valence-electron chi connectivity index (χ3n) is 3.20. The zero-order chi connectivity index (χ0) is 14.5. The minimum atomic E-state index is 0.193. The van der Waals surface area contributed by atoms with Crippen molar-refractivity contribution < 1.29 is 9.47 Å². The molecule has 1 aromatic rings. The fourth-order valence-electron chi connectivity index (χ4n) is 2.41. The van der Waals surface area contributed by atoms with Crippen LogP contribution in [-0.4, -0.2) is 35.1 Å². The zero-order valence-corrected chi connectivity index (χ0v) is 13.6. The van der Waals surface area contributed by atoms with Gasteiger partial charge in [0.15, 0.2) is 0 Å². The number of ether oxygens (including phenoxy) is 2. The fraction of sp³-hybridized carbons (Fsp3) is 0.857. The lowest BCUT2D eigenvalue weighted by molar-refractivity contribution is -0.0722. The van der Waals surface area contributed by atoms with Crippen LogP contribution in [0.2, 0.25) is 0 Å². The number of nitrogens with one attached hydrogen (secondary N) is 1. The van der Waals surface area contributed by atoms with Gasteiger partial charge in [-0.3, -0.25) is 0 Å². The molecular formula is C14H25N3O2S. The van der Waals surface area contributed by atoms with E-state index in [1.54, 1.807) is 0 Å². The zero-order valence-electron chi connectivity index (χ0n) is 12.8. The van der Waals surface area contributed by atoms with Crippen LogP contribution in [0.25, 0.3) is 0 Å². The molecule has 6 heteroatoms. The Morgan fingerprint density at radius 3 is 2.65 bits per heavy atom. The summed E-state index contributed by atoms with van der Waals surface area (Å²) in [4.78, 5) is 0. The van der Waals surface area contributed by atoms with Gasteiger partial charge in [-0.25, -0.2) is 0 Å². The molecule has 1 aromatic heterocycles. The molecule has 1 fully saturated rings. The number of aromatic nitrogens is 2. The van der Waals surface area contributed by atoms with Crippen LogP contribution in [0, 0.1) is 5.92 Å². The average Bonchev–Trinajstić information content (AvgIpc) is 2.74. The first-order valence-electron chi connectivity index (χ1n) is 7.38. The average molecular weight is 299 g/mol. The van der Waals surface area contributed by atoms with Gasteiger partial charge in [-0.2, -0.15) is 0 Å². The van der Waals surface area contributed by atoms with Crippen molar-refractivity contribution in [2.45, 2.75) is 65.4 Å². The van der Waals surface area contributed by atoms with Crippen LogP contribution in [0.15, 0.2) is 0 Å². The summed E-state index contributed by atoms with van der Waals surface area (Å²) < 4.78 is 11.7. The second kappa shape index (κ2) is 7.33. The van der Waals surface area contributed by atoms with Gasteiger partial charge in [-0.15, -0.1) is 5.10 Å². The van der Waals surface area contributed by atoms with Gasteiger partial charge in [0.2, 0.25) is 0 Å². The van der Waals surface area contributed by atoms with Crippen LogP contribution in [0.4, 0.5) is 0 Å². The van der Waals surface area contributed by atoms with E-state index in [0.717, 1.165) is 30.9 Å². The normalized spacial score (nSPS) is 26.9. The number of hydrogen-bond acceptors (Lipinski definition) is 6. The molecule has 5 nitrogen and oxygen atoms in total. The predicted octanol–water partition coefficient (Wildman–Crippen LogP) is 2.62. The first-order chi connectivity index (χ1) is 9.52. The van der Waals surface area contributed by atoms with Gasteiger partial charge in [-0.1, -0.05) is 30.3 Å². The molecule has 0 spiro atoms. The molecule has 0 amide bonds. The minimum Gasteiger partial charge on any atom is -0.465 e. The van der Waals surface area contributed by atoms with E-state index in [0.29, 0.717) is 11.1 Å². The summed E-state index contributed by atoms with van der Waals surface area (Å²) in [7, 11) is 0. The van der Waals surface area contributed by atoms with Crippen LogP contribution in [0.3, 0.4) is 0 Å². The monoisotopic (exact) mass is 299 g/mol. The van der Waals surface area contributed by atoms with Crippen molar-refractivity contribution in [3.05, 3.63) is 5.01 Å². The molecule has 0 radical (unpaired) electrons. The Bertz CT molecular complexity index is 401. The highest BCUT2D eigenvalue weighted by molar-refractivity contribution is 7.13. The van der Waals surface area contributed by atoms with Gasteiger partial charge >= 0.3 is 0 Å². The minimum absolute atomic E-state index is 0.193. The van der Waals surface area contributed by atoms with Gasteiger partial charge < -0.3 is 14.8 Å². The van der Waals surface area contributed by atoms with Gasteiger partial charge in [0.1, 0.15) is 11.1 Å². The van der Waals surface area contributed by atoms with Crippen LogP contribution in [0.1, 0.15) is 45.5 Å². The summed E-state index contributed by atoms with van der Waals surface area (Å²) in [6, 6.07) is 0. The molecule has 1 saturated heterocycles. The Balaban J connectivity index is 1.80. The van der Waals surface area contributed by atoms with Gasteiger partial charge in [0.25, 0.3) is 5.19 Å². The van der Waals surface area contributed by atoms with Crippen LogP contribution < -0.4 is 10.1 Å². The van der Waals surface area contributed by atoms with E-state index in [9.17, 15) is 0 Å². The molecule has 2 heterocycles. The van der Waals surface area contributed by atoms with E-state index in [4.69, 9.17) is 9.47 Å². The van der Waals surface area contributed by atoms with Gasteiger partial charge in [-0.05, 0) is 26.3 Å². The highest BCUT2D eigenvalue weighted by Gasteiger charge is 2.26. The molecule has 1 aliphatic heterocycles. The lowest BCUT2D eigenvalue weighted by Gasteiger charge is -2.31. The predicted molar refractivity (Wildman–Crippen MR) is 80.1 cm³/mol. The summed E-state index contributed by atoms with van der Waals surface area (Å²) in [6.45, 7) is 10.3. The van der Waals surface area contributed by atoms with E-state index < -0.39 is 0 Å². The Hall–Kier alpha value is -0.720. The van der Waals surface area contributed by atoms with Crippen LogP contribution in [-0.2, 0) is 11.3 Å². The topological polar surface area (TPSA) is 56.3 Å². The highest BCUT2D eigenvalue weighted by atomic mass is 32.1. The van der Waals surface area contributed by atoms with Crippen molar-refractivity contribution in [3.63, 3.8) is 0 Å². The summed E-state index contributed by atoms with van der Waals surface area (Å²) in [5.41, 5.74) is 0. The number of rotatable bonds is 6. The molecule has 0 aliphatic carbocycles. The lowest BCUT2D eigenvalue weighted by atomic mass is 10.0. The van der Waals surface area contributed by atoms with Crippen LogP contribution >= 0.6 is 11.3 Å². The SMILES string of the molecule is CC(C)CNCc1nnc(OC2CC(C)OC(C)C2)s1. The van der Waals surface area contributed by atoms with E-state index >= 15 is 0 Å². The van der Waals surface area contributed by atoms with E-state index in [-0.39, 0.29) is 18.3 Å². The molecule has 0 bridgehead atoms. The molecule has 0 saturated carbocycles. The summed E-state index contributed by atoms with van der Waals surface area (Å²) in [6.07, 6.45) is 2.54. The summed E-state index contributed by atoms with van der Waals surface area (Å²) in [5.74, 6) is 0.642. The van der Waals surface area contributed by atoms with Crippen molar-refractivity contribution >= 4 is 11.3 Å². The summed E-state index contributed by atoms with van der Waals surface area (Å²) >= 11 is 1.53. The molecule has 2 unspecified atom stereocenters. The summed E-state index contributed by atoms with van der Waals surface area (Å²) in [5, 5.41) is 13.3. The molecule has 2 atom stereocenters. The maximum absolute atomic E-state index is 5.94. The Morgan fingerprint density at radius 2 is 2.00 bits per heavy atom. The standard InChI is InChI=1S/C14H25N3O2S/c1-9(2)7-15-8-13-16-17-14(20-13)19-12-5-10(3)18-11(4)6-12/h9-12,15H,5-8H2,1-4H3. The first kappa shape index (κ1) is 15.7. The Labute approximate surface area is 125 Å². The number of hydrogen-bond donors (Lipinski definition) is 1. The Kier molecular flexibility index (Phi) is 5.74. The van der Waals surface area contributed by atoms with Crippen LogP contribution in [0.5, 0.6) is 5.19 Å². The number of nitrogens with zero attached hydrogens (tertiary/aromatic N) is 2. The third-order valence-corrected chi connectivity index (χ3v) is 4.01. The van der Waals surface area contributed by atoms with E-state index in [1.165, 1.54) is 11.3 Å². The van der Waals surface area contributed by atoms with E-state index in [2.05, 4.69) is 43.2 Å². The molecule has 0 aromatic carbocycles. The molecule has 114 valence electrons. The molecule has 2 rings (SSSR count). The smallest absolute Gasteiger partial charge is 0.294 e. The highest BCUT2D eigenvalue weighted by Crippen LogP contribution is 2.26. The van der Waals surface area contributed by atoms with Crippen molar-refractivity contribution in [3.8, 4) is 5.19 Å². The van der Waals surface area contributed by atoms with Gasteiger partial charge in [0.05, 0.1) is 12.2 Å². The molecular weight excluding hydrogens is 274 g/mol. The molecule has 20 heavy (non-hydrogen) atoms.